The molecule has 0 bridgehead atoms. The van der Waals surface area contributed by atoms with Gasteiger partial charge in [-0.2, -0.15) is 8.42 Å². The number of likely N-dealkylation sites (tertiary alicyclic amines) is 1. The summed E-state index contributed by atoms with van der Waals surface area (Å²) in [5.74, 6) is -1.63. The van der Waals surface area contributed by atoms with E-state index in [4.69, 9.17) is 9.47 Å². The zero-order valence-electron chi connectivity index (χ0n) is 33.2. The zero-order chi connectivity index (χ0) is 41.6. The predicted molar refractivity (Wildman–Crippen MR) is 220 cm³/mol. The zero-order valence-corrected chi connectivity index (χ0v) is 34.0. The molecule has 3 saturated heterocycles. The quantitative estimate of drug-likeness (QED) is 0.164. The minimum atomic E-state index is -4.33. The third kappa shape index (κ3) is 8.15. The SMILES string of the molecule is Cn1c(=O)n(C2CCC(=O)NC2=O)c2ccc(C3CCN(CC(C)(C)CCOc4ccc5cc(OCc6ccccc6)c(N6CC(=O)NS6(=O)=O)c(F)c5c4)CC3)cc21. The number of piperidine rings is 2. The largest absolute Gasteiger partial charge is 0.494 e. The first kappa shape index (κ1) is 40.1. The summed E-state index contributed by atoms with van der Waals surface area (Å²) in [5.41, 5.74) is 2.68. The average Bonchev–Trinajstić information content (AvgIpc) is 3.62. The first-order valence-electron chi connectivity index (χ1n) is 19.8. The van der Waals surface area contributed by atoms with Crippen molar-refractivity contribution in [3.05, 3.63) is 100 Å². The maximum Gasteiger partial charge on any atom is 0.329 e. The molecule has 1 atom stereocenters. The van der Waals surface area contributed by atoms with E-state index in [0.717, 1.165) is 55.5 Å². The molecule has 0 saturated carbocycles. The number of imidazole rings is 1. The molecular formula is C43H47FN6O8S. The number of aromatic nitrogens is 2. The molecule has 3 aliphatic rings. The van der Waals surface area contributed by atoms with Crippen molar-refractivity contribution in [2.24, 2.45) is 12.5 Å². The Bertz CT molecular complexity index is 2640. The molecule has 0 radical (unpaired) electrons. The third-order valence-corrected chi connectivity index (χ3v) is 13.1. The minimum Gasteiger partial charge on any atom is -0.494 e. The number of aryl methyl sites for hydroxylation is 1. The van der Waals surface area contributed by atoms with Crippen LogP contribution in [0.5, 0.6) is 11.5 Å². The Hall–Kier alpha value is -5.74. The van der Waals surface area contributed by atoms with E-state index >= 15 is 4.39 Å². The van der Waals surface area contributed by atoms with E-state index < -0.39 is 40.4 Å². The smallest absolute Gasteiger partial charge is 0.329 e. The molecule has 310 valence electrons. The maximum atomic E-state index is 16.4. The molecule has 1 unspecified atom stereocenters. The van der Waals surface area contributed by atoms with Crippen molar-refractivity contribution in [1.82, 2.24) is 24.1 Å². The van der Waals surface area contributed by atoms with Crippen LogP contribution in [0.15, 0.2) is 77.6 Å². The number of halogens is 1. The molecule has 59 heavy (non-hydrogen) atoms. The third-order valence-electron chi connectivity index (χ3n) is 11.7. The van der Waals surface area contributed by atoms with Crippen LogP contribution in [0.4, 0.5) is 10.1 Å². The molecule has 3 aliphatic heterocycles. The Morgan fingerprint density at radius 1 is 0.881 bits per heavy atom. The number of benzene rings is 4. The van der Waals surface area contributed by atoms with Crippen molar-refractivity contribution in [2.75, 3.05) is 37.1 Å². The maximum absolute atomic E-state index is 16.4. The summed E-state index contributed by atoms with van der Waals surface area (Å²) in [7, 11) is -2.61. The molecule has 0 spiro atoms. The molecule has 0 aliphatic carbocycles. The van der Waals surface area contributed by atoms with Crippen molar-refractivity contribution < 1.29 is 36.7 Å². The second-order valence-electron chi connectivity index (χ2n) is 16.5. The molecule has 4 heterocycles. The van der Waals surface area contributed by atoms with Crippen LogP contribution in [-0.2, 0) is 38.2 Å². The molecule has 4 aromatic carbocycles. The van der Waals surface area contributed by atoms with Gasteiger partial charge in [0.05, 0.1) is 17.6 Å². The van der Waals surface area contributed by atoms with E-state index in [9.17, 15) is 27.6 Å². The van der Waals surface area contributed by atoms with E-state index in [2.05, 4.69) is 36.2 Å². The molecule has 2 N–H and O–H groups in total. The highest BCUT2D eigenvalue weighted by atomic mass is 32.2. The number of amides is 3. The van der Waals surface area contributed by atoms with Gasteiger partial charge in [-0.05, 0) is 97.0 Å². The first-order chi connectivity index (χ1) is 28.2. The highest BCUT2D eigenvalue weighted by Gasteiger charge is 2.38. The van der Waals surface area contributed by atoms with E-state index in [1.54, 1.807) is 35.9 Å². The van der Waals surface area contributed by atoms with Crippen molar-refractivity contribution in [1.29, 1.82) is 0 Å². The van der Waals surface area contributed by atoms with Crippen molar-refractivity contribution >= 4 is 55.4 Å². The molecule has 5 aromatic rings. The second-order valence-corrected chi connectivity index (χ2v) is 18.1. The van der Waals surface area contributed by atoms with Gasteiger partial charge in [-0.15, -0.1) is 0 Å². The Labute approximate surface area is 341 Å². The second kappa shape index (κ2) is 15.8. The number of anilines is 1. The van der Waals surface area contributed by atoms with Gasteiger partial charge in [0, 0.05) is 25.4 Å². The lowest BCUT2D eigenvalue weighted by Crippen LogP contribution is -2.44. The van der Waals surface area contributed by atoms with Gasteiger partial charge in [-0.1, -0.05) is 56.3 Å². The molecule has 3 amide bonds. The Kier molecular flexibility index (Phi) is 10.7. The molecule has 1 aromatic heterocycles. The summed E-state index contributed by atoms with van der Waals surface area (Å²) in [5, 5.41) is 2.97. The molecular weight excluding hydrogens is 780 g/mol. The number of nitrogens with zero attached hydrogens (tertiary/aromatic N) is 4. The monoisotopic (exact) mass is 826 g/mol. The average molecular weight is 827 g/mol. The molecule has 8 rings (SSSR count). The van der Waals surface area contributed by atoms with Crippen LogP contribution < -0.4 is 29.5 Å². The van der Waals surface area contributed by atoms with Crippen LogP contribution in [0.25, 0.3) is 21.8 Å². The van der Waals surface area contributed by atoms with Crippen molar-refractivity contribution in [2.45, 2.75) is 64.5 Å². The normalized spacial score (nSPS) is 19.0. The standard InChI is InChI=1S/C43H47FN6O8S/c1-43(2,26-48-18-15-28(16-19-48)29-10-12-33-35(21-29)47(3)42(54)50(33)34-13-14-37(51)45-41(34)53)17-20-57-31-11-9-30-22-36(58-25-27-7-5-4-6-8-27)40(39(44)32(30)23-31)49-24-38(52)46-59(49,55)56/h4-12,21-23,28,34H,13-20,24-26H2,1-3H3,(H,46,52)(H,45,51,53). The number of fused-ring (bicyclic) bond motifs is 2. The van der Waals surface area contributed by atoms with Crippen molar-refractivity contribution in [3.63, 3.8) is 0 Å². The summed E-state index contributed by atoms with van der Waals surface area (Å²) in [6, 6.07) is 21.1. The number of imide groups is 1. The summed E-state index contributed by atoms with van der Waals surface area (Å²) >= 11 is 0. The predicted octanol–water partition coefficient (Wildman–Crippen LogP) is 5.04. The Morgan fingerprint density at radius 2 is 1.64 bits per heavy atom. The Balaban J connectivity index is 0.899. The lowest BCUT2D eigenvalue weighted by molar-refractivity contribution is -0.135. The number of nitrogens with one attached hydrogen (secondary N) is 2. The summed E-state index contributed by atoms with van der Waals surface area (Å²) < 4.78 is 60.0. The number of hydrogen-bond acceptors (Lipinski definition) is 9. The number of hydrogen-bond donors (Lipinski definition) is 2. The number of carbonyl (C=O) groups excluding carboxylic acids is 3. The van der Waals surface area contributed by atoms with Crippen LogP contribution in [0.1, 0.15) is 69.0 Å². The van der Waals surface area contributed by atoms with Gasteiger partial charge in [0.25, 0.3) is 5.91 Å². The van der Waals surface area contributed by atoms with E-state index in [1.807, 2.05) is 41.1 Å². The van der Waals surface area contributed by atoms with Crippen molar-refractivity contribution in [3.8, 4) is 11.5 Å². The van der Waals surface area contributed by atoms with Crippen LogP contribution in [0.2, 0.25) is 0 Å². The lowest BCUT2D eigenvalue weighted by atomic mass is 9.85. The van der Waals surface area contributed by atoms with Crippen LogP contribution >= 0.6 is 0 Å². The van der Waals surface area contributed by atoms with Crippen LogP contribution in [-0.4, -0.2) is 73.0 Å². The van der Waals surface area contributed by atoms with Gasteiger partial charge in [-0.25, -0.2) is 18.2 Å². The molecule has 14 nitrogen and oxygen atoms in total. The minimum absolute atomic E-state index is 0.00637. The molecule has 3 fully saturated rings. The van der Waals surface area contributed by atoms with E-state index in [0.29, 0.717) is 39.9 Å². The van der Waals surface area contributed by atoms with Gasteiger partial charge < -0.3 is 14.4 Å². The highest BCUT2D eigenvalue weighted by Crippen LogP contribution is 2.41. The first-order valence-corrected chi connectivity index (χ1v) is 21.3. The van der Waals surface area contributed by atoms with E-state index in [1.165, 1.54) is 4.57 Å². The van der Waals surface area contributed by atoms with Gasteiger partial charge >= 0.3 is 15.9 Å². The van der Waals surface area contributed by atoms with Gasteiger partial charge in [-0.3, -0.25) is 28.8 Å². The fraction of sp³-hybridized carbons (Fsp3) is 0.395. The highest BCUT2D eigenvalue weighted by molar-refractivity contribution is 7.92. The van der Waals surface area contributed by atoms with Gasteiger partial charge in [0.15, 0.2) is 5.82 Å². The topological polar surface area (TPSA) is 161 Å². The number of ether oxygens (including phenoxy) is 2. The fourth-order valence-electron chi connectivity index (χ4n) is 8.53. The number of rotatable bonds is 12. The molecule has 16 heteroatoms. The van der Waals surface area contributed by atoms with Crippen LogP contribution in [0.3, 0.4) is 0 Å². The summed E-state index contributed by atoms with van der Waals surface area (Å²) in [6.07, 6.45) is 3.11. The summed E-state index contributed by atoms with van der Waals surface area (Å²) in [4.78, 5) is 52.2. The number of carbonyl (C=O) groups is 3. The van der Waals surface area contributed by atoms with Crippen LogP contribution in [0, 0.1) is 11.2 Å². The van der Waals surface area contributed by atoms with Gasteiger partial charge in [0.2, 0.25) is 11.8 Å². The Morgan fingerprint density at radius 3 is 2.36 bits per heavy atom. The van der Waals surface area contributed by atoms with Gasteiger partial charge in [0.1, 0.15) is 36.4 Å². The van der Waals surface area contributed by atoms with E-state index in [-0.39, 0.29) is 46.9 Å². The fourth-order valence-corrected chi connectivity index (χ4v) is 9.69. The summed E-state index contributed by atoms with van der Waals surface area (Å²) in [6.45, 7) is 6.91. The lowest BCUT2D eigenvalue weighted by Gasteiger charge is -2.37.